The van der Waals surface area contributed by atoms with Gasteiger partial charge in [-0.3, -0.25) is 0 Å². The molecule has 1 fully saturated rings. The molecule has 100 valence electrons. The Hall–Kier alpha value is -0.300. The summed E-state index contributed by atoms with van der Waals surface area (Å²) >= 11 is 3.91. The average Bonchev–Trinajstić information content (AvgIpc) is 2.90. The number of alkyl halides is 1. The van der Waals surface area contributed by atoms with Crippen LogP contribution in [-0.2, 0) is 12.8 Å². The van der Waals surface area contributed by atoms with Gasteiger partial charge < -0.3 is 0 Å². The molecular formula is C17H25Br. The number of hydrogen-bond donors (Lipinski definition) is 0. The van der Waals surface area contributed by atoms with Crippen molar-refractivity contribution in [1.82, 2.24) is 0 Å². The topological polar surface area (TPSA) is 0 Å². The normalized spacial score (nSPS) is 18.2. The third-order valence-corrected chi connectivity index (χ3v) is 5.27. The third kappa shape index (κ3) is 3.38. The molecule has 0 bridgehead atoms. The van der Waals surface area contributed by atoms with Gasteiger partial charge in [-0.15, -0.1) is 0 Å². The van der Waals surface area contributed by atoms with Crippen LogP contribution in [0.25, 0.3) is 0 Å². The van der Waals surface area contributed by atoms with Crippen molar-refractivity contribution in [2.24, 2.45) is 5.92 Å². The predicted molar refractivity (Wildman–Crippen MR) is 83.4 cm³/mol. The highest BCUT2D eigenvalue weighted by Crippen LogP contribution is 2.37. The minimum absolute atomic E-state index is 0.553. The first kappa shape index (κ1) is 14.1. The van der Waals surface area contributed by atoms with Crippen LogP contribution in [0.1, 0.15) is 67.5 Å². The fourth-order valence-corrected chi connectivity index (χ4v) is 4.00. The highest BCUT2D eigenvalue weighted by atomic mass is 79.9. The molecule has 0 heterocycles. The second kappa shape index (κ2) is 6.75. The first-order valence-corrected chi connectivity index (χ1v) is 8.41. The maximum absolute atomic E-state index is 3.91. The Morgan fingerprint density at radius 3 is 2.39 bits per heavy atom. The Morgan fingerprint density at radius 1 is 1.11 bits per heavy atom. The number of hydrogen-bond acceptors (Lipinski definition) is 0. The van der Waals surface area contributed by atoms with E-state index < -0.39 is 0 Å². The first-order valence-electron chi connectivity index (χ1n) is 7.50. The fourth-order valence-electron chi connectivity index (χ4n) is 3.19. The van der Waals surface area contributed by atoms with Gasteiger partial charge in [-0.05, 0) is 41.9 Å². The van der Waals surface area contributed by atoms with E-state index >= 15 is 0 Å². The Morgan fingerprint density at radius 2 is 1.78 bits per heavy atom. The second-order valence-corrected chi connectivity index (χ2v) is 6.69. The molecule has 0 amide bonds. The van der Waals surface area contributed by atoms with E-state index in [4.69, 9.17) is 0 Å². The molecule has 0 nitrogen and oxygen atoms in total. The SMILES string of the molecule is CCc1ccc(C(Br)CC2CCCC2)cc1CC. The van der Waals surface area contributed by atoms with Gasteiger partial charge in [-0.1, -0.05) is 73.7 Å². The molecule has 0 spiro atoms. The van der Waals surface area contributed by atoms with E-state index in [1.54, 1.807) is 0 Å². The highest BCUT2D eigenvalue weighted by molar-refractivity contribution is 9.09. The molecule has 1 heteroatoms. The zero-order valence-electron chi connectivity index (χ0n) is 11.7. The van der Waals surface area contributed by atoms with Gasteiger partial charge in [0, 0.05) is 4.83 Å². The largest absolute Gasteiger partial charge is 0.0839 e. The molecule has 18 heavy (non-hydrogen) atoms. The molecule has 0 aliphatic heterocycles. The molecule has 2 rings (SSSR count). The van der Waals surface area contributed by atoms with Crippen LogP contribution < -0.4 is 0 Å². The van der Waals surface area contributed by atoms with Crippen molar-refractivity contribution in [3.05, 3.63) is 34.9 Å². The summed E-state index contributed by atoms with van der Waals surface area (Å²) < 4.78 is 0. The summed E-state index contributed by atoms with van der Waals surface area (Å²) in [6, 6.07) is 7.08. The smallest absolute Gasteiger partial charge is 0.0398 e. The van der Waals surface area contributed by atoms with Gasteiger partial charge in [-0.2, -0.15) is 0 Å². The van der Waals surface area contributed by atoms with Crippen LogP contribution in [0.4, 0.5) is 0 Å². The summed E-state index contributed by atoms with van der Waals surface area (Å²) in [5.74, 6) is 0.949. The van der Waals surface area contributed by atoms with Crippen molar-refractivity contribution < 1.29 is 0 Å². The minimum atomic E-state index is 0.553. The molecule has 1 saturated carbocycles. The van der Waals surface area contributed by atoms with Gasteiger partial charge in [0.15, 0.2) is 0 Å². The zero-order valence-corrected chi connectivity index (χ0v) is 13.3. The molecule has 0 N–H and O–H groups in total. The summed E-state index contributed by atoms with van der Waals surface area (Å²) in [6.45, 7) is 4.51. The van der Waals surface area contributed by atoms with Gasteiger partial charge >= 0.3 is 0 Å². The number of benzene rings is 1. The van der Waals surface area contributed by atoms with Crippen LogP contribution in [0.3, 0.4) is 0 Å². The van der Waals surface area contributed by atoms with Crippen LogP contribution in [0.15, 0.2) is 18.2 Å². The van der Waals surface area contributed by atoms with Gasteiger partial charge in [0.1, 0.15) is 0 Å². The van der Waals surface area contributed by atoms with Crippen LogP contribution >= 0.6 is 15.9 Å². The molecule has 1 aromatic rings. The van der Waals surface area contributed by atoms with Crippen molar-refractivity contribution in [2.45, 2.75) is 63.6 Å². The van der Waals surface area contributed by atoms with E-state index in [1.165, 1.54) is 48.8 Å². The van der Waals surface area contributed by atoms with Gasteiger partial charge in [-0.25, -0.2) is 0 Å². The van der Waals surface area contributed by atoms with Crippen molar-refractivity contribution in [3.63, 3.8) is 0 Å². The number of aryl methyl sites for hydroxylation is 2. The summed E-state index contributed by atoms with van der Waals surface area (Å²) in [6.07, 6.45) is 9.39. The van der Waals surface area contributed by atoms with Crippen molar-refractivity contribution in [3.8, 4) is 0 Å². The molecule has 0 saturated heterocycles. The van der Waals surface area contributed by atoms with Crippen LogP contribution in [0.2, 0.25) is 0 Å². The van der Waals surface area contributed by atoms with Gasteiger partial charge in [0.25, 0.3) is 0 Å². The van der Waals surface area contributed by atoms with E-state index in [0.717, 1.165) is 18.8 Å². The van der Waals surface area contributed by atoms with E-state index in [2.05, 4.69) is 48.0 Å². The molecule has 0 radical (unpaired) electrons. The Bertz CT molecular complexity index is 377. The molecule has 1 aliphatic carbocycles. The summed E-state index contributed by atoms with van der Waals surface area (Å²) in [5, 5.41) is 0. The van der Waals surface area contributed by atoms with E-state index in [0.29, 0.717) is 4.83 Å². The molecule has 1 aromatic carbocycles. The summed E-state index contributed by atoms with van der Waals surface area (Å²) in [5.41, 5.74) is 4.53. The monoisotopic (exact) mass is 308 g/mol. The van der Waals surface area contributed by atoms with Crippen LogP contribution in [-0.4, -0.2) is 0 Å². The lowest BCUT2D eigenvalue weighted by atomic mass is 9.94. The first-order chi connectivity index (χ1) is 8.74. The third-order valence-electron chi connectivity index (χ3n) is 4.37. The summed E-state index contributed by atoms with van der Waals surface area (Å²) in [7, 11) is 0. The number of rotatable bonds is 5. The lowest BCUT2D eigenvalue weighted by Gasteiger charge is -2.17. The lowest BCUT2D eigenvalue weighted by molar-refractivity contribution is 0.501. The van der Waals surface area contributed by atoms with E-state index in [1.807, 2.05) is 0 Å². The molecular weight excluding hydrogens is 284 g/mol. The van der Waals surface area contributed by atoms with Gasteiger partial charge in [0.05, 0.1) is 0 Å². The van der Waals surface area contributed by atoms with Crippen molar-refractivity contribution >= 4 is 15.9 Å². The highest BCUT2D eigenvalue weighted by Gasteiger charge is 2.19. The maximum atomic E-state index is 3.91. The molecule has 1 unspecified atom stereocenters. The summed E-state index contributed by atoms with van der Waals surface area (Å²) in [4.78, 5) is 0.553. The van der Waals surface area contributed by atoms with E-state index in [-0.39, 0.29) is 0 Å². The lowest BCUT2D eigenvalue weighted by Crippen LogP contribution is -2.01. The second-order valence-electron chi connectivity index (χ2n) is 5.59. The molecule has 1 aliphatic rings. The standard InChI is InChI=1S/C17H25Br/c1-3-14-9-10-16(12-15(14)4-2)17(18)11-13-7-5-6-8-13/h9-10,12-13,17H,3-8,11H2,1-2H3. The zero-order chi connectivity index (χ0) is 13.0. The molecule has 0 aromatic heterocycles. The predicted octanol–water partition coefficient (Wildman–Crippen LogP) is 5.83. The average molecular weight is 309 g/mol. The Balaban J connectivity index is 2.06. The van der Waals surface area contributed by atoms with Crippen molar-refractivity contribution in [2.75, 3.05) is 0 Å². The Labute approximate surface area is 120 Å². The van der Waals surface area contributed by atoms with Gasteiger partial charge in [0.2, 0.25) is 0 Å². The minimum Gasteiger partial charge on any atom is -0.0839 e. The maximum Gasteiger partial charge on any atom is 0.0398 e. The van der Waals surface area contributed by atoms with Crippen LogP contribution in [0, 0.1) is 5.92 Å². The number of halogens is 1. The van der Waals surface area contributed by atoms with E-state index in [9.17, 15) is 0 Å². The van der Waals surface area contributed by atoms with Crippen LogP contribution in [0.5, 0.6) is 0 Å². The Kier molecular flexibility index (Phi) is 5.29. The molecule has 1 atom stereocenters. The fraction of sp³-hybridized carbons (Fsp3) is 0.647. The van der Waals surface area contributed by atoms with Crippen molar-refractivity contribution in [1.29, 1.82) is 0 Å². The quantitative estimate of drug-likeness (QED) is 0.600.